The Labute approximate surface area is 111 Å². The van der Waals surface area contributed by atoms with E-state index in [1.165, 1.54) is 0 Å². The Morgan fingerprint density at radius 3 is 2.95 bits per heavy atom. The number of amides is 1. The Hall–Kier alpha value is -2.07. The molecule has 0 spiro atoms. The Bertz CT molecular complexity index is 619. The van der Waals surface area contributed by atoms with E-state index in [9.17, 15) is 9.90 Å². The molecule has 1 amide bonds. The third-order valence-electron chi connectivity index (χ3n) is 3.48. The van der Waals surface area contributed by atoms with E-state index >= 15 is 0 Å². The zero-order chi connectivity index (χ0) is 13.2. The van der Waals surface area contributed by atoms with Crippen LogP contribution in [0.5, 0.6) is 5.75 Å². The summed E-state index contributed by atoms with van der Waals surface area (Å²) in [5.74, 6) is 0.153. The van der Waals surface area contributed by atoms with Crippen molar-refractivity contribution in [1.29, 1.82) is 0 Å². The summed E-state index contributed by atoms with van der Waals surface area (Å²) in [7, 11) is 0. The molecule has 1 aliphatic rings. The molecular formula is C15H16N2O2. The Morgan fingerprint density at radius 2 is 2.16 bits per heavy atom. The first kappa shape index (κ1) is 12.0. The van der Waals surface area contributed by atoms with E-state index in [4.69, 9.17) is 0 Å². The van der Waals surface area contributed by atoms with Crippen molar-refractivity contribution < 1.29 is 9.90 Å². The molecule has 0 aromatic heterocycles. The highest BCUT2D eigenvalue weighted by Crippen LogP contribution is 2.28. The molecule has 1 aliphatic heterocycles. The van der Waals surface area contributed by atoms with Crippen LogP contribution in [0.25, 0.3) is 10.8 Å². The third kappa shape index (κ3) is 2.39. The fourth-order valence-electron chi connectivity index (χ4n) is 2.50. The van der Waals surface area contributed by atoms with Gasteiger partial charge in [-0.15, -0.1) is 0 Å². The molecule has 2 aromatic rings. The van der Waals surface area contributed by atoms with E-state index in [1.807, 2.05) is 30.3 Å². The molecule has 0 bridgehead atoms. The van der Waals surface area contributed by atoms with Gasteiger partial charge < -0.3 is 15.7 Å². The van der Waals surface area contributed by atoms with Gasteiger partial charge in [0.2, 0.25) is 5.91 Å². The summed E-state index contributed by atoms with van der Waals surface area (Å²) in [5.41, 5.74) is 0.634. The monoisotopic (exact) mass is 256 g/mol. The molecule has 1 atom stereocenters. The van der Waals surface area contributed by atoms with Crippen LogP contribution in [0, 0.1) is 0 Å². The lowest BCUT2D eigenvalue weighted by Crippen LogP contribution is -2.35. The Morgan fingerprint density at radius 1 is 1.32 bits per heavy atom. The predicted octanol–water partition coefficient (Wildman–Crippen LogP) is 2.24. The fraction of sp³-hybridized carbons (Fsp3) is 0.267. The first-order valence-corrected chi connectivity index (χ1v) is 6.50. The average Bonchev–Trinajstić information content (AvgIpc) is 2.93. The summed E-state index contributed by atoms with van der Waals surface area (Å²) < 4.78 is 0. The number of aromatic hydroxyl groups is 1. The summed E-state index contributed by atoms with van der Waals surface area (Å²) >= 11 is 0. The van der Waals surface area contributed by atoms with Gasteiger partial charge in [-0.2, -0.15) is 0 Å². The van der Waals surface area contributed by atoms with Crippen molar-refractivity contribution in [2.45, 2.75) is 18.9 Å². The molecule has 3 rings (SSSR count). The molecule has 0 unspecified atom stereocenters. The summed E-state index contributed by atoms with van der Waals surface area (Å²) in [5, 5.41) is 17.7. The molecule has 19 heavy (non-hydrogen) atoms. The average molecular weight is 256 g/mol. The number of carbonyl (C=O) groups is 1. The van der Waals surface area contributed by atoms with Crippen LogP contribution in [-0.4, -0.2) is 23.6 Å². The highest BCUT2D eigenvalue weighted by atomic mass is 16.3. The number of carbonyl (C=O) groups excluding carboxylic acids is 1. The molecule has 1 heterocycles. The van der Waals surface area contributed by atoms with Crippen LogP contribution < -0.4 is 10.6 Å². The topological polar surface area (TPSA) is 61.4 Å². The quantitative estimate of drug-likeness (QED) is 0.772. The molecule has 1 saturated heterocycles. The number of anilines is 1. The van der Waals surface area contributed by atoms with Gasteiger partial charge in [0.1, 0.15) is 5.75 Å². The molecule has 2 aromatic carbocycles. The lowest BCUT2D eigenvalue weighted by Gasteiger charge is -2.12. The van der Waals surface area contributed by atoms with Crippen LogP contribution in [0.15, 0.2) is 36.4 Å². The molecular weight excluding hydrogens is 240 g/mol. The molecule has 98 valence electrons. The van der Waals surface area contributed by atoms with Crippen LogP contribution in [0.3, 0.4) is 0 Å². The van der Waals surface area contributed by atoms with Crippen molar-refractivity contribution in [3.63, 3.8) is 0 Å². The van der Waals surface area contributed by atoms with E-state index in [-0.39, 0.29) is 17.7 Å². The maximum absolute atomic E-state index is 12.0. The first-order valence-electron chi connectivity index (χ1n) is 6.50. The number of phenolic OH excluding ortho intramolecular Hbond substituents is 1. The highest BCUT2D eigenvalue weighted by molar-refractivity contribution is 5.99. The van der Waals surface area contributed by atoms with Gasteiger partial charge >= 0.3 is 0 Å². The molecule has 3 N–H and O–H groups in total. The minimum Gasteiger partial charge on any atom is -0.507 e. The van der Waals surface area contributed by atoms with E-state index in [1.54, 1.807) is 6.07 Å². The van der Waals surface area contributed by atoms with Crippen molar-refractivity contribution in [1.82, 2.24) is 5.32 Å². The maximum Gasteiger partial charge on any atom is 0.241 e. The van der Waals surface area contributed by atoms with Gasteiger partial charge in [0.05, 0.1) is 6.04 Å². The zero-order valence-corrected chi connectivity index (χ0v) is 10.5. The number of hydrogen-bond acceptors (Lipinski definition) is 3. The summed E-state index contributed by atoms with van der Waals surface area (Å²) in [4.78, 5) is 12.0. The van der Waals surface area contributed by atoms with Crippen LogP contribution in [0.4, 0.5) is 5.69 Å². The number of fused-ring (bicyclic) bond motifs is 1. The first-order chi connectivity index (χ1) is 9.24. The van der Waals surface area contributed by atoms with Crippen LogP contribution in [-0.2, 0) is 4.79 Å². The minimum atomic E-state index is -0.117. The molecule has 4 nitrogen and oxygen atoms in total. The fourth-order valence-corrected chi connectivity index (χ4v) is 2.50. The van der Waals surface area contributed by atoms with Gasteiger partial charge in [-0.3, -0.25) is 4.79 Å². The molecule has 0 saturated carbocycles. The van der Waals surface area contributed by atoms with Crippen molar-refractivity contribution >= 4 is 22.4 Å². The standard InChI is InChI=1S/C15H16N2O2/c18-14-9-11(8-10-4-1-2-5-12(10)14)17-15(19)13-6-3-7-16-13/h1-2,4-5,8-9,13,16,18H,3,6-7H2,(H,17,19)/t13-/m1/s1. The normalized spacial score (nSPS) is 18.6. The van der Waals surface area contributed by atoms with Crippen molar-refractivity contribution in [3.8, 4) is 5.75 Å². The number of hydrogen-bond donors (Lipinski definition) is 3. The van der Waals surface area contributed by atoms with Crippen LogP contribution in [0.1, 0.15) is 12.8 Å². The lowest BCUT2D eigenvalue weighted by atomic mass is 10.1. The summed E-state index contributed by atoms with van der Waals surface area (Å²) in [6.45, 7) is 0.890. The maximum atomic E-state index is 12.0. The van der Waals surface area contributed by atoms with Gasteiger partial charge in [-0.25, -0.2) is 0 Å². The van der Waals surface area contributed by atoms with Crippen LogP contribution in [0.2, 0.25) is 0 Å². The lowest BCUT2D eigenvalue weighted by molar-refractivity contribution is -0.117. The minimum absolute atomic E-state index is 0.0350. The molecule has 1 fully saturated rings. The zero-order valence-electron chi connectivity index (χ0n) is 10.5. The second-order valence-corrected chi connectivity index (χ2v) is 4.85. The van der Waals surface area contributed by atoms with E-state index in [2.05, 4.69) is 10.6 Å². The van der Waals surface area contributed by atoms with Gasteiger partial charge in [0.15, 0.2) is 0 Å². The van der Waals surface area contributed by atoms with Crippen LogP contribution >= 0.6 is 0 Å². The second-order valence-electron chi connectivity index (χ2n) is 4.85. The van der Waals surface area contributed by atoms with Gasteiger partial charge in [-0.1, -0.05) is 24.3 Å². The number of phenols is 1. The van der Waals surface area contributed by atoms with Crippen molar-refractivity contribution in [3.05, 3.63) is 36.4 Å². The molecule has 4 heteroatoms. The van der Waals surface area contributed by atoms with Crippen molar-refractivity contribution in [2.24, 2.45) is 0 Å². The Kier molecular flexibility index (Phi) is 3.09. The Balaban J connectivity index is 1.86. The van der Waals surface area contributed by atoms with Gasteiger partial charge in [-0.05, 0) is 30.8 Å². The second kappa shape index (κ2) is 4.90. The number of rotatable bonds is 2. The van der Waals surface area contributed by atoms with E-state index < -0.39 is 0 Å². The molecule has 0 radical (unpaired) electrons. The third-order valence-corrected chi connectivity index (χ3v) is 3.48. The number of nitrogens with one attached hydrogen (secondary N) is 2. The summed E-state index contributed by atoms with van der Waals surface area (Å²) in [6.07, 6.45) is 1.90. The van der Waals surface area contributed by atoms with E-state index in [0.717, 1.165) is 30.2 Å². The van der Waals surface area contributed by atoms with E-state index in [0.29, 0.717) is 5.69 Å². The smallest absolute Gasteiger partial charge is 0.241 e. The SMILES string of the molecule is O=C(Nc1cc(O)c2ccccc2c1)[C@H]1CCCN1. The van der Waals surface area contributed by atoms with Gasteiger partial charge in [0.25, 0.3) is 0 Å². The molecule has 0 aliphatic carbocycles. The predicted molar refractivity (Wildman–Crippen MR) is 75.3 cm³/mol. The van der Waals surface area contributed by atoms with Gasteiger partial charge in [0, 0.05) is 17.1 Å². The largest absolute Gasteiger partial charge is 0.507 e. The highest BCUT2D eigenvalue weighted by Gasteiger charge is 2.22. The van der Waals surface area contributed by atoms with Crippen molar-refractivity contribution in [2.75, 3.05) is 11.9 Å². The number of benzene rings is 2. The summed E-state index contributed by atoms with van der Waals surface area (Å²) in [6, 6.07) is 10.9.